The molecule has 0 aromatic carbocycles. The largest absolute Gasteiger partial charge is 0.329 e. The predicted octanol–water partition coefficient (Wildman–Crippen LogP) is 0.539. The molecule has 0 spiro atoms. The fourth-order valence-electron chi connectivity index (χ4n) is 1.95. The van der Waals surface area contributed by atoms with E-state index < -0.39 is 10.0 Å². The molecule has 0 bridgehead atoms. The maximum Gasteiger partial charge on any atom is 0.214 e. The summed E-state index contributed by atoms with van der Waals surface area (Å²) >= 11 is 0. The zero-order chi connectivity index (χ0) is 10.6. The van der Waals surface area contributed by atoms with Crippen LogP contribution in [0.25, 0.3) is 0 Å². The van der Waals surface area contributed by atoms with Gasteiger partial charge >= 0.3 is 0 Å². The summed E-state index contributed by atoms with van der Waals surface area (Å²) in [5.41, 5.74) is 5.58. The lowest BCUT2D eigenvalue weighted by atomic mass is 10.1. The number of nitrogens with zero attached hydrogens (tertiary/aromatic N) is 1. The van der Waals surface area contributed by atoms with Crippen molar-refractivity contribution in [1.29, 1.82) is 0 Å². The smallest absolute Gasteiger partial charge is 0.214 e. The van der Waals surface area contributed by atoms with Crippen molar-refractivity contribution in [1.82, 2.24) is 4.31 Å². The first-order valence-corrected chi connectivity index (χ1v) is 6.92. The lowest BCUT2D eigenvalue weighted by Gasteiger charge is -2.33. The molecule has 0 radical (unpaired) electrons. The van der Waals surface area contributed by atoms with Crippen LogP contribution >= 0.6 is 0 Å². The van der Waals surface area contributed by atoms with Gasteiger partial charge in [0.2, 0.25) is 10.0 Å². The minimum atomic E-state index is -3.04. The van der Waals surface area contributed by atoms with Crippen molar-refractivity contribution >= 4 is 10.0 Å². The van der Waals surface area contributed by atoms with Crippen molar-refractivity contribution in [3.63, 3.8) is 0 Å². The number of rotatable bonds is 4. The molecule has 1 rings (SSSR count). The van der Waals surface area contributed by atoms with E-state index in [0.717, 1.165) is 19.3 Å². The van der Waals surface area contributed by atoms with Crippen molar-refractivity contribution in [3.8, 4) is 0 Å². The predicted molar refractivity (Wildman–Crippen MR) is 57.5 cm³/mol. The van der Waals surface area contributed by atoms with E-state index in [9.17, 15) is 8.42 Å². The van der Waals surface area contributed by atoms with Crippen LogP contribution in [0.4, 0.5) is 0 Å². The Morgan fingerprint density at radius 3 is 2.71 bits per heavy atom. The Balaban J connectivity index is 2.72. The number of nitrogens with two attached hydrogens (primary N) is 1. The molecule has 1 heterocycles. The van der Waals surface area contributed by atoms with Crippen LogP contribution < -0.4 is 5.73 Å². The van der Waals surface area contributed by atoms with Crippen LogP contribution in [0.3, 0.4) is 0 Å². The quantitative estimate of drug-likeness (QED) is 0.752. The van der Waals surface area contributed by atoms with Gasteiger partial charge in [0.1, 0.15) is 0 Å². The molecule has 14 heavy (non-hydrogen) atoms. The Morgan fingerprint density at radius 2 is 2.14 bits per heavy atom. The van der Waals surface area contributed by atoms with Crippen LogP contribution in [-0.4, -0.2) is 37.6 Å². The van der Waals surface area contributed by atoms with E-state index >= 15 is 0 Å². The zero-order valence-corrected chi connectivity index (χ0v) is 9.59. The van der Waals surface area contributed by atoms with Gasteiger partial charge in [0.15, 0.2) is 0 Å². The molecule has 1 unspecified atom stereocenters. The Labute approximate surface area is 86.5 Å². The van der Waals surface area contributed by atoms with Gasteiger partial charge in [0.25, 0.3) is 0 Å². The minimum absolute atomic E-state index is 0.0419. The lowest BCUT2D eigenvalue weighted by molar-refractivity contribution is 0.257. The third-order valence-corrected chi connectivity index (χ3v) is 4.78. The van der Waals surface area contributed by atoms with Crippen molar-refractivity contribution in [2.24, 2.45) is 5.73 Å². The molecule has 1 atom stereocenters. The molecular weight excluding hydrogens is 200 g/mol. The van der Waals surface area contributed by atoms with E-state index in [2.05, 4.69) is 0 Å². The van der Waals surface area contributed by atoms with Crippen molar-refractivity contribution in [2.45, 2.75) is 38.6 Å². The van der Waals surface area contributed by atoms with E-state index in [1.54, 1.807) is 4.31 Å². The molecule has 84 valence electrons. The van der Waals surface area contributed by atoms with E-state index in [0.29, 0.717) is 19.5 Å². The zero-order valence-electron chi connectivity index (χ0n) is 8.78. The van der Waals surface area contributed by atoms with Gasteiger partial charge in [0, 0.05) is 19.1 Å². The monoisotopic (exact) mass is 220 g/mol. The summed E-state index contributed by atoms with van der Waals surface area (Å²) in [6.07, 6.45) is 3.66. The lowest BCUT2D eigenvalue weighted by Crippen LogP contribution is -2.48. The van der Waals surface area contributed by atoms with Crippen LogP contribution in [-0.2, 0) is 10.0 Å². The Bertz CT molecular complexity index is 264. The molecular formula is C9H20N2O2S. The SMILES string of the molecule is CCCS(=O)(=O)N1CCCCC1CN. The molecule has 0 saturated carbocycles. The summed E-state index contributed by atoms with van der Waals surface area (Å²) in [4.78, 5) is 0. The van der Waals surface area contributed by atoms with Crippen LogP contribution in [0, 0.1) is 0 Å². The molecule has 2 N–H and O–H groups in total. The third-order valence-electron chi connectivity index (χ3n) is 2.66. The second-order valence-electron chi connectivity index (χ2n) is 3.81. The number of piperidine rings is 1. The highest BCUT2D eigenvalue weighted by Gasteiger charge is 2.30. The molecule has 1 fully saturated rings. The van der Waals surface area contributed by atoms with Crippen molar-refractivity contribution < 1.29 is 8.42 Å². The summed E-state index contributed by atoms with van der Waals surface area (Å²) in [6, 6.07) is 0.0419. The average Bonchev–Trinajstić information content (AvgIpc) is 2.18. The van der Waals surface area contributed by atoms with Crippen molar-refractivity contribution in [3.05, 3.63) is 0 Å². The van der Waals surface area contributed by atoms with Gasteiger partial charge in [-0.3, -0.25) is 0 Å². The van der Waals surface area contributed by atoms with Gasteiger partial charge in [-0.15, -0.1) is 0 Å². The molecule has 1 aliphatic heterocycles. The van der Waals surface area contributed by atoms with E-state index in [1.165, 1.54) is 0 Å². The van der Waals surface area contributed by atoms with Crippen LogP contribution in [0.5, 0.6) is 0 Å². The molecule has 4 nitrogen and oxygen atoms in total. The van der Waals surface area contributed by atoms with E-state index in [1.807, 2.05) is 6.92 Å². The first-order chi connectivity index (χ1) is 6.61. The Hall–Kier alpha value is -0.130. The Morgan fingerprint density at radius 1 is 1.43 bits per heavy atom. The van der Waals surface area contributed by atoms with Gasteiger partial charge < -0.3 is 5.73 Å². The van der Waals surface area contributed by atoms with Crippen LogP contribution in [0.1, 0.15) is 32.6 Å². The fourth-order valence-corrected chi connectivity index (χ4v) is 3.75. The fraction of sp³-hybridized carbons (Fsp3) is 1.00. The molecule has 0 aromatic heterocycles. The Kier molecular flexibility index (Phi) is 4.34. The molecule has 0 aliphatic carbocycles. The van der Waals surface area contributed by atoms with Gasteiger partial charge in [0.05, 0.1) is 5.75 Å². The third kappa shape index (κ3) is 2.68. The summed E-state index contributed by atoms with van der Waals surface area (Å²) in [5.74, 6) is 0.253. The normalized spacial score (nSPS) is 25.1. The maximum atomic E-state index is 11.8. The topological polar surface area (TPSA) is 63.4 Å². The molecule has 0 amide bonds. The summed E-state index contributed by atoms with van der Waals surface area (Å²) in [5, 5.41) is 0. The second-order valence-corrected chi connectivity index (χ2v) is 5.85. The second kappa shape index (κ2) is 5.09. The van der Waals surface area contributed by atoms with Gasteiger partial charge in [-0.1, -0.05) is 13.3 Å². The number of hydrogen-bond acceptors (Lipinski definition) is 3. The number of sulfonamides is 1. The van der Waals surface area contributed by atoms with Crippen LogP contribution in [0.2, 0.25) is 0 Å². The molecule has 1 aliphatic rings. The highest BCUT2D eigenvalue weighted by Crippen LogP contribution is 2.20. The van der Waals surface area contributed by atoms with E-state index in [4.69, 9.17) is 5.73 Å². The molecule has 1 saturated heterocycles. The summed E-state index contributed by atoms with van der Waals surface area (Å²) in [6.45, 7) is 2.99. The van der Waals surface area contributed by atoms with Gasteiger partial charge in [-0.05, 0) is 19.3 Å². The highest BCUT2D eigenvalue weighted by molar-refractivity contribution is 7.89. The standard InChI is InChI=1S/C9H20N2O2S/c1-2-7-14(12,13)11-6-4-3-5-9(11)8-10/h9H,2-8,10H2,1H3. The molecule has 0 aromatic rings. The van der Waals surface area contributed by atoms with Gasteiger partial charge in [-0.25, -0.2) is 8.42 Å². The first-order valence-electron chi connectivity index (χ1n) is 5.31. The maximum absolute atomic E-state index is 11.8. The minimum Gasteiger partial charge on any atom is -0.329 e. The van der Waals surface area contributed by atoms with Crippen LogP contribution in [0.15, 0.2) is 0 Å². The van der Waals surface area contributed by atoms with E-state index in [-0.39, 0.29) is 11.8 Å². The highest BCUT2D eigenvalue weighted by atomic mass is 32.2. The van der Waals surface area contributed by atoms with Gasteiger partial charge in [-0.2, -0.15) is 4.31 Å². The first kappa shape index (κ1) is 11.9. The molecule has 5 heteroatoms. The average molecular weight is 220 g/mol. The number of hydrogen-bond donors (Lipinski definition) is 1. The van der Waals surface area contributed by atoms with Crippen molar-refractivity contribution in [2.75, 3.05) is 18.8 Å². The summed E-state index contributed by atoms with van der Waals surface area (Å²) in [7, 11) is -3.04. The summed E-state index contributed by atoms with van der Waals surface area (Å²) < 4.78 is 25.3.